The average Bonchev–Trinajstić information content (AvgIpc) is 3.05. The van der Waals surface area contributed by atoms with Crippen LogP contribution in [-0.2, 0) is 0 Å². The highest BCUT2D eigenvalue weighted by molar-refractivity contribution is 8.00. The van der Waals surface area contributed by atoms with Gasteiger partial charge in [-0.15, -0.1) is 0 Å². The Bertz CT molecular complexity index is 658. The third-order valence-electron chi connectivity index (χ3n) is 10.7. The minimum absolute atomic E-state index is 0. The molecule has 0 nitrogen and oxygen atoms in total. The van der Waals surface area contributed by atoms with Crippen molar-refractivity contribution in [2.45, 2.75) is 130 Å². The first-order chi connectivity index (χ1) is 14.6. The van der Waals surface area contributed by atoms with Crippen LogP contribution in [-0.4, -0.2) is 10.5 Å². The van der Waals surface area contributed by atoms with Crippen LogP contribution in [0.5, 0.6) is 0 Å². The molecule has 31 heavy (non-hydrogen) atoms. The molecule has 0 N–H and O–H groups in total. The average molecular weight is 449 g/mol. The highest BCUT2D eigenvalue weighted by atomic mass is 32.2. The first-order valence-electron chi connectivity index (χ1n) is 14.0. The monoisotopic (exact) mass is 448 g/mol. The Balaban J connectivity index is 0.00000193. The van der Waals surface area contributed by atoms with E-state index < -0.39 is 0 Å². The van der Waals surface area contributed by atoms with E-state index in [0.717, 1.165) is 46.0 Å². The Hall–Kier alpha value is 0.0900. The Morgan fingerprint density at radius 2 is 1.74 bits per heavy atom. The molecule has 2 unspecified atom stereocenters. The normalized spacial score (nSPS) is 43.4. The molecule has 3 saturated carbocycles. The molecular weight excluding hydrogens is 392 g/mol. The summed E-state index contributed by atoms with van der Waals surface area (Å²) in [6.07, 6.45) is 18.9. The quantitative estimate of drug-likeness (QED) is 0.349. The van der Waals surface area contributed by atoms with E-state index in [2.05, 4.69) is 66.3 Å². The van der Waals surface area contributed by atoms with Crippen LogP contribution in [0.2, 0.25) is 0 Å². The first-order valence-corrected chi connectivity index (χ1v) is 14.9. The maximum atomic E-state index is 2.78. The van der Waals surface area contributed by atoms with E-state index in [1.807, 2.05) is 5.57 Å². The Morgan fingerprint density at radius 1 is 0.968 bits per heavy atom. The fourth-order valence-electron chi connectivity index (χ4n) is 9.15. The SMILES string of the molecule is CC(C)CCC[C@@H](C)[C@H]1CCC2[C@@H]3CC=C4C[C@@H](SC(C)C)CC[C@]4(C)C3CC[C@@]21C.[HH].[HH]. The predicted molar refractivity (Wildman–Crippen MR) is 144 cm³/mol. The molecule has 0 aromatic rings. The maximum absolute atomic E-state index is 2.78. The molecule has 0 aromatic heterocycles. The van der Waals surface area contributed by atoms with Crippen LogP contribution >= 0.6 is 11.8 Å². The van der Waals surface area contributed by atoms with Crippen molar-refractivity contribution in [1.29, 1.82) is 0 Å². The molecule has 4 aliphatic rings. The van der Waals surface area contributed by atoms with Gasteiger partial charge in [0, 0.05) is 8.10 Å². The molecule has 0 aromatic carbocycles. The molecule has 4 rings (SSSR count). The van der Waals surface area contributed by atoms with Crippen LogP contribution < -0.4 is 0 Å². The fourth-order valence-corrected chi connectivity index (χ4v) is 10.5. The van der Waals surface area contributed by atoms with Crippen molar-refractivity contribution in [2.24, 2.45) is 46.3 Å². The maximum Gasteiger partial charge on any atom is 0.00873 e. The predicted octanol–water partition coefficient (Wildman–Crippen LogP) is 10.0. The van der Waals surface area contributed by atoms with Crippen molar-refractivity contribution in [3.8, 4) is 0 Å². The van der Waals surface area contributed by atoms with E-state index in [1.165, 1.54) is 70.6 Å². The number of rotatable bonds is 7. The van der Waals surface area contributed by atoms with E-state index in [9.17, 15) is 0 Å². The van der Waals surface area contributed by atoms with Crippen LogP contribution in [0.4, 0.5) is 0 Å². The van der Waals surface area contributed by atoms with Gasteiger partial charge in [0.15, 0.2) is 0 Å². The molecule has 1 heteroatoms. The van der Waals surface area contributed by atoms with Gasteiger partial charge in [0.25, 0.3) is 0 Å². The number of hydrogen-bond acceptors (Lipinski definition) is 1. The van der Waals surface area contributed by atoms with E-state index in [0.29, 0.717) is 10.8 Å². The molecule has 182 valence electrons. The zero-order chi connectivity index (χ0) is 22.4. The van der Waals surface area contributed by atoms with Crippen LogP contribution in [0.1, 0.15) is 122 Å². The van der Waals surface area contributed by atoms with Crippen molar-refractivity contribution in [3.63, 3.8) is 0 Å². The standard InChI is InChI=1S/C30H52S.2H2/c1-20(2)9-8-10-22(5)26-13-14-27-25-12-11-23-19-24(31-21(3)4)15-17-29(23,6)28(25)16-18-30(26,27)7;;/h11,20-22,24-28H,8-10,12-19H2,1-7H3;2*1H/t22-,24+,25+,26-,27?,28?,29+,30-;;/m1../s1. The highest BCUT2D eigenvalue weighted by Gasteiger charge is 2.59. The van der Waals surface area contributed by atoms with Crippen molar-refractivity contribution in [3.05, 3.63) is 11.6 Å². The summed E-state index contributed by atoms with van der Waals surface area (Å²) in [5.74, 6) is 5.75. The van der Waals surface area contributed by atoms with Gasteiger partial charge in [-0.25, -0.2) is 0 Å². The first kappa shape index (κ1) is 24.2. The van der Waals surface area contributed by atoms with Crippen molar-refractivity contribution >= 4 is 11.8 Å². The van der Waals surface area contributed by atoms with Gasteiger partial charge in [0.05, 0.1) is 0 Å². The second-order valence-corrected chi connectivity index (χ2v) is 15.2. The molecule has 0 radical (unpaired) electrons. The summed E-state index contributed by atoms with van der Waals surface area (Å²) in [4.78, 5) is 0. The molecule has 0 bridgehead atoms. The second-order valence-electron chi connectivity index (χ2n) is 13.3. The van der Waals surface area contributed by atoms with Crippen LogP contribution in [0.15, 0.2) is 11.6 Å². The fraction of sp³-hybridized carbons (Fsp3) is 0.933. The molecule has 3 fully saturated rings. The van der Waals surface area contributed by atoms with E-state index >= 15 is 0 Å². The zero-order valence-corrected chi connectivity index (χ0v) is 22.7. The summed E-state index contributed by atoms with van der Waals surface area (Å²) in [6, 6.07) is 0. The molecule has 0 spiro atoms. The molecule has 8 atom stereocenters. The van der Waals surface area contributed by atoms with Crippen LogP contribution in [0.25, 0.3) is 0 Å². The smallest absolute Gasteiger partial charge is 0.00873 e. The Morgan fingerprint density at radius 3 is 2.45 bits per heavy atom. The van der Waals surface area contributed by atoms with Gasteiger partial charge in [-0.05, 0) is 103 Å². The van der Waals surface area contributed by atoms with Crippen LogP contribution in [0.3, 0.4) is 0 Å². The lowest BCUT2D eigenvalue weighted by atomic mass is 9.47. The van der Waals surface area contributed by atoms with Gasteiger partial charge in [0.1, 0.15) is 0 Å². The van der Waals surface area contributed by atoms with Gasteiger partial charge in [0.2, 0.25) is 0 Å². The summed E-state index contributed by atoms with van der Waals surface area (Å²) in [5, 5.41) is 1.66. The van der Waals surface area contributed by atoms with E-state index in [4.69, 9.17) is 0 Å². The Kier molecular flexibility index (Phi) is 7.33. The van der Waals surface area contributed by atoms with Gasteiger partial charge >= 0.3 is 0 Å². The van der Waals surface area contributed by atoms with Gasteiger partial charge in [-0.2, -0.15) is 11.8 Å². The molecule has 0 aliphatic heterocycles. The van der Waals surface area contributed by atoms with Gasteiger partial charge in [-0.1, -0.05) is 79.4 Å². The minimum atomic E-state index is 0. The molecule has 4 aliphatic carbocycles. The van der Waals surface area contributed by atoms with Crippen LogP contribution in [0, 0.1) is 46.3 Å². The van der Waals surface area contributed by atoms with Gasteiger partial charge in [-0.3, -0.25) is 0 Å². The third-order valence-corrected chi connectivity index (χ3v) is 12.1. The lowest BCUT2D eigenvalue weighted by Gasteiger charge is -2.58. The topological polar surface area (TPSA) is 0 Å². The molecule has 0 heterocycles. The largest absolute Gasteiger partial charge is 0.155 e. The molecule has 0 amide bonds. The van der Waals surface area contributed by atoms with Gasteiger partial charge < -0.3 is 0 Å². The summed E-state index contributed by atoms with van der Waals surface area (Å²) in [5.41, 5.74) is 3.03. The van der Waals surface area contributed by atoms with Crippen molar-refractivity contribution in [2.75, 3.05) is 0 Å². The van der Waals surface area contributed by atoms with E-state index in [-0.39, 0.29) is 2.85 Å². The lowest BCUT2D eigenvalue weighted by Crippen LogP contribution is -2.50. The van der Waals surface area contributed by atoms with Crippen molar-refractivity contribution < 1.29 is 2.85 Å². The molecular formula is C30H56S. The number of allylic oxidation sites excluding steroid dienone is 2. The summed E-state index contributed by atoms with van der Waals surface area (Å²) < 4.78 is 0. The lowest BCUT2D eigenvalue weighted by molar-refractivity contribution is -0.0497. The summed E-state index contributed by atoms with van der Waals surface area (Å²) in [6.45, 7) is 17.6. The van der Waals surface area contributed by atoms with Crippen molar-refractivity contribution in [1.82, 2.24) is 0 Å². The summed E-state index contributed by atoms with van der Waals surface area (Å²) in [7, 11) is 0. The Labute approximate surface area is 202 Å². The summed E-state index contributed by atoms with van der Waals surface area (Å²) >= 11 is 2.24. The second kappa shape index (κ2) is 9.38. The molecule has 0 saturated heterocycles. The number of hydrogen-bond donors (Lipinski definition) is 0. The highest BCUT2D eigenvalue weighted by Crippen LogP contribution is 2.67. The zero-order valence-electron chi connectivity index (χ0n) is 21.9. The number of fused-ring (bicyclic) bond motifs is 5. The number of thioether (sulfide) groups is 1. The minimum Gasteiger partial charge on any atom is -0.155 e. The van der Waals surface area contributed by atoms with E-state index in [1.54, 1.807) is 0 Å². The third kappa shape index (κ3) is 4.57.